The summed E-state index contributed by atoms with van der Waals surface area (Å²) in [7, 11) is 4.06. The largest absolute Gasteiger partial charge is 0.494 e. The first-order chi connectivity index (χ1) is 9.77. The van der Waals surface area contributed by atoms with E-state index < -0.39 is 26.0 Å². The molecule has 1 aromatic carbocycles. The first kappa shape index (κ1) is 15.8. The first-order valence-corrected chi connectivity index (χ1v) is 8.30. The topological polar surface area (TPSA) is 72.9 Å². The maximum Gasteiger partial charge on any atom is 0.237 e. The Labute approximate surface area is 125 Å². The smallest absolute Gasteiger partial charge is 0.237 e. The minimum Gasteiger partial charge on any atom is -0.494 e. The predicted octanol–water partition coefficient (Wildman–Crippen LogP) is 1.52. The van der Waals surface area contributed by atoms with Crippen LogP contribution in [-0.4, -0.2) is 40.3 Å². The van der Waals surface area contributed by atoms with Crippen LogP contribution in [0.5, 0.6) is 11.5 Å². The van der Waals surface area contributed by atoms with Gasteiger partial charge in [-0.05, 0) is 0 Å². The molecule has 1 unspecified atom stereocenters. The van der Waals surface area contributed by atoms with Crippen LogP contribution in [0, 0.1) is 5.82 Å². The highest BCUT2D eigenvalue weighted by Crippen LogP contribution is 2.37. The van der Waals surface area contributed by atoms with Crippen molar-refractivity contribution in [1.82, 2.24) is 0 Å². The lowest BCUT2D eigenvalue weighted by molar-refractivity contribution is -0.117. The van der Waals surface area contributed by atoms with Gasteiger partial charge in [-0.2, -0.15) is 0 Å². The molecule has 1 aliphatic heterocycles. The fourth-order valence-electron chi connectivity index (χ4n) is 2.15. The number of halogens is 2. The fraction of sp³-hybridized carbons (Fsp3) is 0.417. The van der Waals surface area contributed by atoms with Gasteiger partial charge in [-0.3, -0.25) is 4.79 Å². The zero-order chi connectivity index (χ0) is 15.8. The third-order valence-electron chi connectivity index (χ3n) is 3.23. The Kier molecular flexibility index (Phi) is 4.29. The fourth-order valence-corrected chi connectivity index (χ4v) is 3.18. The number of hydrogen-bond donors (Lipinski definition) is 0. The Bertz CT molecular complexity index is 678. The first-order valence-electron chi connectivity index (χ1n) is 5.93. The number of anilines is 1. The van der Waals surface area contributed by atoms with Crippen molar-refractivity contribution in [3.05, 3.63) is 17.9 Å². The number of ether oxygens (including phenoxy) is 2. The molecular formula is C12H13ClFNO5S. The standard InChI is InChI=1S/C12H13ClFNO5S/c1-19-10-5-11(20-2)9(4-8(10)14)15-6-7(3-12(15)16)21(13,17)18/h4-5,7H,3,6H2,1-2H3. The maximum absolute atomic E-state index is 13.8. The second-order valence-electron chi connectivity index (χ2n) is 4.46. The van der Waals surface area contributed by atoms with Crippen molar-refractivity contribution in [2.45, 2.75) is 11.7 Å². The molecule has 0 aliphatic carbocycles. The summed E-state index contributed by atoms with van der Waals surface area (Å²) in [6.45, 7) is -0.146. The van der Waals surface area contributed by atoms with E-state index in [9.17, 15) is 17.6 Å². The third-order valence-corrected chi connectivity index (χ3v) is 5.10. The normalized spacial score (nSPS) is 19.0. The van der Waals surface area contributed by atoms with Crippen molar-refractivity contribution in [3.8, 4) is 11.5 Å². The van der Waals surface area contributed by atoms with Crippen molar-refractivity contribution < 1.29 is 27.1 Å². The molecule has 0 N–H and O–H groups in total. The number of benzene rings is 1. The predicted molar refractivity (Wildman–Crippen MR) is 75.0 cm³/mol. The molecule has 1 amide bonds. The highest BCUT2D eigenvalue weighted by Gasteiger charge is 2.39. The Morgan fingerprint density at radius 2 is 1.90 bits per heavy atom. The van der Waals surface area contributed by atoms with Gasteiger partial charge in [-0.15, -0.1) is 0 Å². The van der Waals surface area contributed by atoms with E-state index in [0.29, 0.717) is 0 Å². The second kappa shape index (κ2) is 5.69. The maximum atomic E-state index is 13.8. The van der Waals surface area contributed by atoms with Crippen LogP contribution in [-0.2, 0) is 13.8 Å². The minimum atomic E-state index is -3.87. The number of carbonyl (C=O) groups is 1. The van der Waals surface area contributed by atoms with E-state index in [-0.39, 0.29) is 30.2 Å². The summed E-state index contributed by atoms with van der Waals surface area (Å²) in [4.78, 5) is 13.1. The number of methoxy groups -OCH3 is 2. The van der Waals surface area contributed by atoms with Gasteiger partial charge in [-0.1, -0.05) is 0 Å². The van der Waals surface area contributed by atoms with Gasteiger partial charge in [0.25, 0.3) is 0 Å². The molecular weight excluding hydrogens is 325 g/mol. The van der Waals surface area contributed by atoms with Gasteiger partial charge in [0.1, 0.15) is 11.0 Å². The molecule has 0 radical (unpaired) electrons. The summed E-state index contributed by atoms with van der Waals surface area (Å²) < 4.78 is 46.4. The molecule has 116 valence electrons. The average Bonchev–Trinajstić information content (AvgIpc) is 2.80. The highest BCUT2D eigenvalue weighted by atomic mass is 35.7. The van der Waals surface area contributed by atoms with E-state index in [2.05, 4.69) is 0 Å². The van der Waals surface area contributed by atoms with E-state index in [0.717, 1.165) is 11.0 Å². The Hall–Kier alpha value is -1.54. The van der Waals surface area contributed by atoms with Crippen LogP contribution in [0.3, 0.4) is 0 Å². The zero-order valence-electron chi connectivity index (χ0n) is 11.3. The minimum absolute atomic E-state index is 0.0382. The molecule has 0 aromatic heterocycles. The molecule has 1 saturated heterocycles. The van der Waals surface area contributed by atoms with Gasteiger partial charge in [0, 0.05) is 35.8 Å². The SMILES string of the molecule is COc1cc(OC)c(N2CC(S(=O)(=O)Cl)CC2=O)cc1F. The second-order valence-corrected chi connectivity index (χ2v) is 7.37. The van der Waals surface area contributed by atoms with E-state index in [4.69, 9.17) is 20.2 Å². The van der Waals surface area contributed by atoms with E-state index in [1.807, 2.05) is 0 Å². The van der Waals surface area contributed by atoms with Gasteiger partial charge < -0.3 is 14.4 Å². The van der Waals surface area contributed by atoms with Crippen molar-refractivity contribution in [2.75, 3.05) is 25.7 Å². The molecule has 0 saturated carbocycles. The van der Waals surface area contributed by atoms with Crippen LogP contribution in [0.4, 0.5) is 10.1 Å². The van der Waals surface area contributed by atoms with Crippen LogP contribution in [0.15, 0.2) is 12.1 Å². The average molecular weight is 338 g/mol. The molecule has 1 aromatic rings. The van der Waals surface area contributed by atoms with Crippen LogP contribution >= 0.6 is 10.7 Å². The summed E-state index contributed by atoms with van der Waals surface area (Å²) in [5.74, 6) is -0.983. The van der Waals surface area contributed by atoms with E-state index >= 15 is 0 Å². The summed E-state index contributed by atoms with van der Waals surface area (Å²) in [6, 6.07) is 2.36. The van der Waals surface area contributed by atoms with Gasteiger partial charge >= 0.3 is 0 Å². The van der Waals surface area contributed by atoms with Crippen LogP contribution in [0.25, 0.3) is 0 Å². The molecule has 0 spiro atoms. The molecule has 2 rings (SSSR count). The van der Waals surface area contributed by atoms with Crippen molar-refractivity contribution in [3.63, 3.8) is 0 Å². The molecule has 1 fully saturated rings. The number of amides is 1. The van der Waals surface area contributed by atoms with Gasteiger partial charge in [0.15, 0.2) is 11.6 Å². The van der Waals surface area contributed by atoms with E-state index in [1.54, 1.807) is 0 Å². The molecule has 21 heavy (non-hydrogen) atoms. The van der Waals surface area contributed by atoms with Crippen LogP contribution in [0.1, 0.15) is 6.42 Å². The van der Waals surface area contributed by atoms with Crippen molar-refractivity contribution in [1.29, 1.82) is 0 Å². The summed E-state index contributed by atoms with van der Waals surface area (Å²) in [6.07, 6.45) is -0.247. The van der Waals surface area contributed by atoms with Gasteiger partial charge in [0.2, 0.25) is 15.0 Å². The molecule has 1 heterocycles. The lowest BCUT2D eigenvalue weighted by atomic mass is 10.2. The molecule has 1 aliphatic rings. The zero-order valence-corrected chi connectivity index (χ0v) is 12.9. The summed E-state index contributed by atoms with van der Waals surface area (Å²) >= 11 is 0. The quantitative estimate of drug-likeness (QED) is 0.779. The lowest BCUT2D eigenvalue weighted by Gasteiger charge is -2.20. The number of hydrogen-bond acceptors (Lipinski definition) is 5. The summed E-state index contributed by atoms with van der Waals surface area (Å²) in [5, 5.41) is -1.03. The Morgan fingerprint density at radius 3 is 2.38 bits per heavy atom. The lowest BCUT2D eigenvalue weighted by Crippen LogP contribution is -2.27. The highest BCUT2D eigenvalue weighted by molar-refractivity contribution is 8.14. The van der Waals surface area contributed by atoms with E-state index in [1.165, 1.54) is 20.3 Å². The number of carbonyl (C=O) groups excluding carboxylic acids is 1. The van der Waals surface area contributed by atoms with Crippen molar-refractivity contribution in [2.24, 2.45) is 0 Å². The Morgan fingerprint density at radius 1 is 1.29 bits per heavy atom. The summed E-state index contributed by atoms with van der Waals surface area (Å²) in [5.41, 5.74) is 0.142. The van der Waals surface area contributed by atoms with Crippen LogP contribution < -0.4 is 14.4 Å². The molecule has 0 bridgehead atoms. The van der Waals surface area contributed by atoms with Gasteiger partial charge in [0.05, 0.1) is 19.9 Å². The molecule has 6 nitrogen and oxygen atoms in total. The number of nitrogens with zero attached hydrogens (tertiary/aromatic N) is 1. The van der Waals surface area contributed by atoms with Crippen molar-refractivity contribution >= 4 is 31.3 Å². The monoisotopic (exact) mass is 337 g/mol. The molecule has 9 heteroatoms. The van der Waals surface area contributed by atoms with Crippen LogP contribution in [0.2, 0.25) is 0 Å². The van der Waals surface area contributed by atoms with Gasteiger partial charge in [-0.25, -0.2) is 12.8 Å². The third kappa shape index (κ3) is 3.06. The Balaban J connectivity index is 2.43. The molecule has 1 atom stereocenters. The number of rotatable bonds is 4.